The Morgan fingerprint density at radius 2 is 2.00 bits per heavy atom. The third kappa shape index (κ3) is 4.72. The Hall–Kier alpha value is -3.73. The molecule has 3 aromatic rings. The number of carbonyl (C=O) groups is 2. The highest BCUT2D eigenvalue weighted by atomic mass is 32.2. The summed E-state index contributed by atoms with van der Waals surface area (Å²) in [6, 6.07) is 9.67. The predicted molar refractivity (Wildman–Crippen MR) is 126 cm³/mol. The number of anilines is 2. The quantitative estimate of drug-likeness (QED) is 0.397. The molecule has 1 fully saturated rings. The standard InChI is InChI=1S/C22H24N8O2S/c1-13-9-18(28-27-13)26-20-12-29(11-19-25-17(10-30(19)20)22(32)23-2)33-16-7-5-15(6-8-16)24-21(31)14-3-4-14/h5-10,12,14H,3-4,11H2,1-2H3,(H,23,32)(H,24,31)(H2,26,27,28). The minimum atomic E-state index is -0.241. The first-order chi connectivity index (χ1) is 16.0. The van der Waals surface area contributed by atoms with Gasteiger partial charge in [0, 0.05) is 41.5 Å². The number of H-pyrrole nitrogens is 1. The van der Waals surface area contributed by atoms with E-state index < -0.39 is 0 Å². The molecule has 170 valence electrons. The number of aryl methyl sites for hydroxylation is 1. The van der Waals surface area contributed by atoms with Crippen molar-refractivity contribution in [3.63, 3.8) is 0 Å². The van der Waals surface area contributed by atoms with Crippen LogP contribution in [0.2, 0.25) is 0 Å². The van der Waals surface area contributed by atoms with Gasteiger partial charge in [-0.1, -0.05) is 0 Å². The molecule has 1 aromatic carbocycles. The lowest BCUT2D eigenvalue weighted by Gasteiger charge is -2.26. The Balaban J connectivity index is 1.35. The molecule has 0 spiro atoms. The van der Waals surface area contributed by atoms with E-state index in [-0.39, 0.29) is 17.7 Å². The summed E-state index contributed by atoms with van der Waals surface area (Å²) in [6.45, 7) is 2.44. The van der Waals surface area contributed by atoms with Gasteiger partial charge in [0.2, 0.25) is 5.91 Å². The van der Waals surface area contributed by atoms with E-state index in [4.69, 9.17) is 0 Å². The highest BCUT2D eigenvalue weighted by Crippen LogP contribution is 2.32. The van der Waals surface area contributed by atoms with Gasteiger partial charge in [0.15, 0.2) is 5.82 Å². The van der Waals surface area contributed by atoms with Crippen LogP contribution in [0.4, 0.5) is 11.5 Å². The molecule has 1 saturated carbocycles. The largest absolute Gasteiger partial charge is 0.354 e. The highest BCUT2D eigenvalue weighted by molar-refractivity contribution is 7.97. The van der Waals surface area contributed by atoms with Crippen LogP contribution in [-0.2, 0) is 11.3 Å². The minimum Gasteiger partial charge on any atom is -0.354 e. The normalized spacial score (nSPS) is 15.0. The lowest BCUT2D eigenvalue weighted by atomic mass is 10.3. The molecule has 0 saturated heterocycles. The number of amides is 2. The first kappa shape index (κ1) is 21.1. The third-order valence-corrected chi connectivity index (χ3v) is 6.27. The van der Waals surface area contributed by atoms with Crippen LogP contribution in [0.1, 0.15) is 34.8 Å². The van der Waals surface area contributed by atoms with Crippen LogP contribution in [0.25, 0.3) is 5.82 Å². The van der Waals surface area contributed by atoms with Crippen LogP contribution in [0.15, 0.2) is 47.6 Å². The second-order valence-electron chi connectivity index (χ2n) is 8.02. The van der Waals surface area contributed by atoms with Gasteiger partial charge < -0.3 is 20.3 Å². The molecule has 2 aromatic heterocycles. The van der Waals surface area contributed by atoms with Gasteiger partial charge in [-0.2, -0.15) is 5.10 Å². The van der Waals surface area contributed by atoms with Crippen molar-refractivity contribution in [2.45, 2.75) is 31.2 Å². The van der Waals surface area contributed by atoms with Crippen LogP contribution < -0.4 is 16.0 Å². The molecule has 0 bridgehead atoms. The van der Waals surface area contributed by atoms with Gasteiger partial charge in [-0.05, 0) is 56.0 Å². The number of fused-ring (bicyclic) bond motifs is 1. The molecule has 3 heterocycles. The average Bonchev–Trinajstić information content (AvgIpc) is 3.45. The molecule has 0 unspecified atom stereocenters. The molecule has 33 heavy (non-hydrogen) atoms. The van der Waals surface area contributed by atoms with E-state index in [2.05, 4.69) is 31.1 Å². The molecule has 1 aliphatic heterocycles. The highest BCUT2D eigenvalue weighted by Gasteiger charge is 2.29. The van der Waals surface area contributed by atoms with Crippen molar-refractivity contribution < 1.29 is 9.59 Å². The van der Waals surface area contributed by atoms with Gasteiger partial charge in [0.05, 0.1) is 12.7 Å². The van der Waals surface area contributed by atoms with Gasteiger partial charge >= 0.3 is 0 Å². The summed E-state index contributed by atoms with van der Waals surface area (Å²) in [7, 11) is 1.58. The molecule has 11 heteroatoms. The third-order valence-electron chi connectivity index (χ3n) is 5.32. The van der Waals surface area contributed by atoms with Crippen molar-refractivity contribution in [1.82, 2.24) is 29.4 Å². The fraction of sp³-hybridized carbons (Fsp3) is 0.273. The van der Waals surface area contributed by atoms with Crippen LogP contribution in [0, 0.1) is 12.8 Å². The molecule has 2 aliphatic rings. The molecular weight excluding hydrogens is 440 g/mol. The van der Waals surface area contributed by atoms with E-state index in [0.29, 0.717) is 18.1 Å². The smallest absolute Gasteiger partial charge is 0.271 e. The second kappa shape index (κ2) is 8.66. The molecule has 0 radical (unpaired) electrons. The van der Waals surface area contributed by atoms with Crippen molar-refractivity contribution in [2.24, 2.45) is 5.92 Å². The summed E-state index contributed by atoms with van der Waals surface area (Å²) >= 11 is 1.54. The summed E-state index contributed by atoms with van der Waals surface area (Å²) in [6.07, 6.45) is 5.63. The minimum absolute atomic E-state index is 0.0949. The summed E-state index contributed by atoms with van der Waals surface area (Å²) in [5, 5.41) is 16.0. The first-order valence-corrected chi connectivity index (χ1v) is 11.4. The summed E-state index contributed by atoms with van der Waals surface area (Å²) in [4.78, 5) is 29.6. The van der Waals surface area contributed by atoms with Gasteiger partial charge in [0.25, 0.3) is 5.91 Å². The van der Waals surface area contributed by atoms with Crippen molar-refractivity contribution >= 4 is 41.1 Å². The lowest BCUT2D eigenvalue weighted by molar-refractivity contribution is -0.117. The maximum Gasteiger partial charge on any atom is 0.271 e. The monoisotopic (exact) mass is 464 g/mol. The number of nitrogens with zero attached hydrogens (tertiary/aromatic N) is 4. The number of carbonyl (C=O) groups excluding carboxylic acids is 2. The molecule has 10 nitrogen and oxygen atoms in total. The maximum atomic E-state index is 12.1. The van der Waals surface area contributed by atoms with Gasteiger partial charge in [-0.25, -0.2) is 4.98 Å². The van der Waals surface area contributed by atoms with Crippen molar-refractivity contribution in [3.05, 3.63) is 59.9 Å². The van der Waals surface area contributed by atoms with Crippen molar-refractivity contribution in [2.75, 3.05) is 17.7 Å². The summed E-state index contributed by atoms with van der Waals surface area (Å²) in [5.74, 6) is 2.15. The van der Waals surface area contributed by atoms with E-state index in [1.54, 1.807) is 13.2 Å². The number of imidazole rings is 1. The average molecular weight is 465 g/mol. The number of aromatic amines is 1. The zero-order chi connectivity index (χ0) is 22.9. The first-order valence-electron chi connectivity index (χ1n) is 10.7. The molecule has 0 atom stereocenters. The zero-order valence-electron chi connectivity index (χ0n) is 18.3. The Labute approximate surface area is 195 Å². The molecular formula is C22H24N8O2S. The number of hydrogen-bond acceptors (Lipinski definition) is 7. The fourth-order valence-corrected chi connectivity index (χ4v) is 4.31. The van der Waals surface area contributed by atoms with Gasteiger partial charge in [-0.3, -0.25) is 19.3 Å². The lowest BCUT2D eigenvalue weighted by Crippen LogP contribution is -2.23. The van der Waals surface area contributed by atoms with Crippen molar-refractivity contribution in [3.8, 4) is 0 Å². The van der Waals surface area contributed by atoms with Gasteiger partial charge in [-0.15, -0.1) is 0 Å². The van der Waals surface area contributed by atoms with Crippen LogP contribution in [0.3, 0.4) is 0 Å². The Bertz CT molecular complexity index is 1230. The molecule has 1 aliphatic carbocycles. The zero-order valence-corrected chi connectivity index (χ0v) is 19.1. The van der Waals surface area contributed by atoms with Crippen LogP contribution >= 0.6 is 11.9 Å². The Morgan fingerprint density at radius 3 is 2.67 bits per heavy atom. The summed E-state index contributed by atoms with van der Waals surface area (Å²) in [5.41, 5.74) is 2.08. The number of aromatic nitrogens is 4. The molecule has 2 amide bonds. The predicted octanol–water partition coefficient (Wildman–Crippen LogP) is 3.01. The van der Waals surface area contributed by atoms with Crippen molar-refractivity contribution in [1.29, 1.82) is 0 Å². The summed E-state index contributed by atoms with van der Waals surface area (Å²) < 4.78 is 3.90. The molecule has 4 N–H and O–H groups in total. The van der Waals surface area contributed by atoms with E-state index in [1.807, 2.05) is 52.3 Å². The van der Waals surface area contributed by atoms with E-state index in [9.17, 15) is 9.59 Å². The number of benzene rings is 1. The van der Waals surface area contributed by atoms with Crippen LogP contribution in [0.5, 0.6) is 0 Å². The SMILES string of the molecule is CNC(=O)c1cn2c(n1)CN(Sc1ccc(NC(=O)C3CC3)cc1)C=C2Nc1cc(C)[nH]n1. The number of hydrogen-bond donors (Lipinski definition) is 4. The number of nitrogens with one attached hydrogen (secondary N) is 4. The van der Waals surface area contributed by atoms with E-state index in [1.165, 1.54) is 11.9 Å². The maximum absolute atomic E-state index is 12.1. The topological polar surface area (TPSA) is 120 Å². The van der Waals surface area contributed by atoms with Gasteiger partial charge in [0.1, 0.15) is 17.3 Å². The molecule has 5 rings (SSSR count). The fourth-order valence-electron chi connectivity index (χ4n) is 3.45. The second-order valence-corrected chi connectivity index (χ2v) is 9.14. The Morgan fingerprint density at radius 1 is 1.21 bits per heavy atom. The number of rotatable bonds is 7. The Kier molecular flexibility index (Phi) is 5.55. The van der Waals surface area contributed by atoms with Crippen LogP contribution in [-0.4, -0.2) is 42.9 Å². The van der Waals surface area contributed by atoms with E-state index in [0.717, 1.165) is 40.8 Å². The van der Waals surface area contributed by atoms with E-state index >= 15 is 0 Å².